The number of carbonyl (C=O) groups excluding carboxylic acids is 2. The molecule has 0 unspecified atom stereocenters. The highest BCUT2D eigenvalue weighted by Crippen LogP contribution is 2.30. The van der Waals surface area contributed by atoms with E-state index in [4.69, 9.17) is 4.74 Å². The number of nitrogens with one attached hydrogen (secondary N) is 2. The van der Waals surface area contributed by atoms with Crippen LogP contribution in [0, 0.1) is 6.92 Å². The standard InChI is InChI=1S/C21H19N3O3S/c1-3-27-16-8-5-13(6-9-16)21-23-12(2)18(28-21)20(26)24-15-7-4-14-11-22-19(25)17(14)10-15/h4-10H,3,11H2,1-2H3,(H,22,25)(H,24,26). The lowest BCUT2D eigenvalue weighted by Gasteiger charge is -2.05. The van der Waals surface area contributed by atoms with E-state index in [9.17, 15) is 9.59 Å². The molecule has 0 saturated heterocycles. The number of carbonyl (C=O) groups is 2. The molecule has 0 atom stereocenters. The first-order valence-corrected chi connectivity index (χ1v) is 9.80. The SMILES string of the molecule is CCOc1ccc(-c2nc(C)c(C(=O)Nc3ccc4c(c3)C(=O)NC4)s2)cc1. The second-order valence-corrected chi connectivity index (χ2v) is 7.40. The number of hydrogen-bond donors (Lipinski definition) is 2. The highest BCUT2D eigenvalue weighted by molar-refractivity contribution is 7.17. The lowest BCUT2D eigenvalue weighted by atomic mass is 10.1. The minimum atomic E-state index is -0.231. The minimum Gasteiger partial charge on any atom is -0.494 e. The summed E-state index contributed by atoms with van der Waals surface area (Å²) < 4.78 is 5.46. The third kappa shape index (κ3) is 3.48. The number of aromatic nitrogens is 1. The lowest BCUT2D eigenvalue weighted by molar-refractivity contribution is 0.0964. The third-order valence-corrected chi connectivity index (χ3v) is 5.67. The first kappa shape index (κ1) is 18.2. The zero-order valence-electron chi connectivity index (χ0n) is 15.5. The molecule has 7 heteroatoms. The summed E-state index contributed by atoms with van der Waals surface area (Å²) in [6.45, 7) is 4.90. The summed E-state index contributed by atoms with van der Waals surface area (Å²) in [7, 11) is 0. The van der Waals surface area contributed by atoms with E-state index in [1.54, 1.807) is 12.1 Å². The minimum absolute atomic E-state index is 0.113. The predicted molar refractivity (Wildman–Crippen MR) is 109 cm³/mol. The lowest BCUT2D eigenvalue weighted by Crippen LogP contribution is -2.13. The van der Waals surface area contributed by atoms with Crippen LogP contribution in [0.4, 0.5) is 5.69 Å². The van der Waals surface area contributed by atoms with Crippen LogP contribution >= 0.6 is 11.3 Å². The van der Waals surface area contributed by atoms with Crippen molar-refractivity contribution in [2.24, 2.45) is 0 Å². The molecule has 3 aromatic rings. The molecule has 0 saturated carbocycles. The van der Waals surface area contributed by atoms with E-state index in [0.717, 1.165) is 21.9 Å². The van der Waals surface area contributed by atoms with Gasteiger partial charge in [-0.25, -0.2) is 4.98 Å². The summed E-state index contributed by atoms with van der Waals surface area (Å²) in [5.41, 5.74) is 3.75. The Morgan fingerprint density at radius 1 is 1.25 bits per heavy atom. The van der Waals surface area contributed by atoms with E-state index in [1.165, 1.54) is 11.3 Å². The molecule has 2 N–H and O–H groups in total. The number of fused-ring (bicyclic) bond motifs is 1. The molecular formula is C21H19N3O3S. The van der Waals surface area contributed by atoms with Crippen LogP contribution in [0.3, 0.4) is 0 Å². The maximum Gasteiger partial charge on any atom is 0.267 e. The van der Waals surface area contributed by atoms with Crippen molar-refractivity contribution in [2.75, 3.05) is 11.9 Å². The summed E-state index contributed by atoms with van der Waals surface area (Å²) >= 11 is 1.34. The van der Waals surface area contributed by atoms with Gasteiger partial charge in [-0.05, 0) is 55.8 Å². The zero-order valence-corrected chi connectivity index (χ0v) is 16.4. The highest BCUT2D eigenvalue weighted by atomic mass is 32.1. The van der Waals surface area contributed by atoms with Crippen LogP contribution in [-0.2, 0) is 6.54 Å². The Labute approximate surface area is 166 Å². The van der Waals surface area contributed by atoms with Crippen molar-refractivity contribution in [1.82, 2.24) is 10.3 Å². The van der Waals surface area contributed by atoms with Crippen LogP contribution in [0.5, 0.6) is 5.75 Å². The maximum atomic E-state index is 12.7. The van der Waals surface area contributed by atoms with Crippen molar-refractivity contribution in [3.8, 4) is 16.3 Å². The van der Waals surface area contributed by atoms with Gasteiger partial charge in [-0.1, -0.05) is 6.07 Å². The summed E-state index contributed by atoms with van der Waals surface area (Å²) in [6, 6.07) is 13.0. The van der Waals surface area contributed by atoms with Gasteiger partial charge in [0.05, 0.1) is 12.3 Å². The fraction of sp³-hybridized carbons (Fsp3) is 0.190. The van der Waals surface area contributed by atoms with Gasteiger partial charge >= 0.3 is 0 Å². The molecule has 28 heavy (non-hydrogen) atoms. The van der Waals surface area contributed by atoms with E-state index in [0.29, 0.717) is 35.0 Å². The second-order valence-electron chi connectivity index (χ2n) is 6.40. The Hall–Kier alpha value is -3.19. The van der Waals surface area contributed by atoms with Crippen molar-refractivity contribution in [2.45, 2.75) is 20.4 Å². The average molecular weight is 393 g/mol. The van der Waals surface area contributed by atoms with Crippen molar-refractivity contribution in [1.29, 1.82) is 0 Å². The third-order valence-electron chi connectivity index (χ3n) is 4.47. The number of nitrogens with zero attached hydrogens (tertiary/aromatic N) is 1. The summed E-state index contributed by atoms with van der Waals surface area (Å²) in [5, 5.41) is 6.42. The van der Waals surface area contributed by atoms with E-state index in [2.05, 4.69) is 15.6 Å². The molecule has 0 radical (unpaired) electrons. The molecule has 2 aromatic carbocycles. The molecule has 1 aliphatic heterocycles. The van der Waals surface area contributed by atoms with Gasteiger partial charge in [0, 0.05) is 23.4 Å². The Bertz CT molecular complexity index is 1060. The number of aryl methyl sites for hydroxylation is 1. The smallest absolute Gasteiger partial charge is 0.267 e. The van der Waals surface area contributed by atoms with Gasteiger partial charge in [-0.3, -0.25) is 9.59 Å². The van der Waals surface area contributed by atoms with Gasteiger partial charge in [0.15, 0.2) is 0 Å². The van der Waals surface area contributed by atoms with E-state index >= 15 is 0 Å². The van der Waals surface area contributed by atoms with Crippen LogP contribution in [0.15, 0.2) is 42.5 Å². The Balaban J connectivity index is 1.54. The number of anilines is 1. The quantitative estimate of drug-likeness (QED) is 0.686. The van der Waals surface area contributed by atoms with Gasteiger partial charge in [-0.15, -0.1) is 11.3 Å². The first-order chi connectivity index (χ1) is 13.5. The molecule has 142 valence electrons. The zero-order chi connectivity index (χ0) is 19.7. The predicted octanol–water partition coefficient (Wildman–Crippen LogP) is 4.01. The molecule has 1 aliphatic rings. The van der Waals surface area contributed by atoms with Crippen molar-refractivity contribution in [3.63, 3.8) is 0 Å². The number of amides is 2. The maximum absolute atomic E-state index is 12.7. The summed E-state index contributed by atoms with van der Waals surface area (Å²) in [5.74, 6) is 0.460. The van der Waals surface area contributed by atoms with E-state index in [1.807, 2.05) is 44.2 Å². The highest BCUT2D eigenvalue weighted by Gasteiger charge is 2.21. The molecule has 1 aromatic heterocycles. The molecule has 0 aliphatic carbocycles. The van der Waals surface area contributed by atoms with Gasteiger partial charge in [0.1, 0.15) is 15.6 Å². The normalized spacial score (nSPS) is 12.4. The Morgan fingerprint density at radius 2 is 2.04 bits per heavy atom. The molecule has 2 heterocycles. The van der Waals surface area contributed by atoms with Gasteiger partial charge in [0.25, 0.3) is 11.8 Å². The second kappa shape index (κ2) is 7.44. The molecule has 2 amide bonds. The number of ether oxygens (including phenoxy) is 1. The molecular weight excluding hydrogens is 374 g/mol. The van der Waals surface area contributed by atoms with Crippen LogP contribution < -0.4 is 15.4 Å². The number of hydrogen-bond acceptors (Lipinski definition) is 5. The van der Waals surface area contributed by atoms with Crippen LogP contribution in [0.2, 0.25) is 0 Å². The largest absolute Gasteiger partial charge is 0.494 e. The Kier molecular flexibility index (Phi) is 4.83. The first-order valence-electron chi connectivity index (χ1n) is 8.98. The fourth-order valence-electron chi connectivity index (χ4n) is 3.07. The van der Waals surface area contributed by atoms with Crippen molar-refractivity contribution in [3.05, 3.63) is 64.2 Å². The topological polar surface area (TPSA) is 80.3 Å². The van der Waals surface area contributed by atoms with Crippen LogP contribution in [0.25, 0.3) is 10.6 Å². The van der Waals surface area contributed by atoms with E-state index < -0.39 is 0 Å². The number of rotatable bonds is 5. The van der Waals surface area contributed by atoms with Crippen molar-refractivity contribution >= 4 is 28.8 Å². The fourth-order valence-corrected chi connectivity index (χ4v) is 4.04. The van der Waals surface area contributed by atoms with Crippen LogP contribution in [0.1, 0.15) is 38.2 Å². The monoisotopic (exact) mass is 393 g/mol. The van der Waals surface area contributed by atoms with Gasteiger partial charge in [0.2, 0.25) is 0 Å². The van der Waals surface area contributed by atoms with Gasteiger partial charge < -0.3 is 15.4 Å². The molecule has 0 fully saturated rings. The molecule has 6 nitrogen and oxygen atoms in total. The van der Waals surface area contributed by atoms with Crippen molar-refractivity contribution < 1.29 is 14.3 Å². The van der Waals surface area contributed by atoms with E-state index in [-0.39, 0.29) is 11.8 Å². The number of benzene rings is 2. The van der Waals surface area contributed by atoms with Gasteiger partial charge in [-0.2, -0.15) is 0 Å². The summed E-state index contributed by atoms with van der Waals surface area (Å²) in [4.78, 5) is 29.6. The molecule has 0 bridgehead atoms. The molecule has 0 spiro atoms. The Morgan fingerprint density at radius 3 is 2.79 bits per heavy atom. The van der Waals surface area contributed by atoms with Crippen LogP contribution in [-0.4, -0.2) is 23.4 Å². The summed E-state index contributed by atoms with van der Waals surface area (Å²) in [6.07, 6.45) is 0. The molecule has 4 rings (SSSR count). The number of thiazole rings is 1. The average Bonchev–Trinajstić information content (AvgIpc) is 3.26.